The Hall–Kier alpha value is -2.86. The van der Waals surface area contributed by atoms with Crippen LogP contribution in [0.3, 0.4) is 0 Å². The van der Waals surface area contributed by atoms with E-state index in [2.05, 4.69) is 10.6 Å². The van der Waals surface area contributed by atoms with Crippen molar-refractivity contribution in [2.45, 2.75) is 20.0 Å². The lowest BCUT2D eigenvalue weighted by molar-refractivity contribution is 0.0953. The third-order valence-corrected chi connectivity index (χ3v) is 3.54. The fourth-order valence-electron chi connectivity index (χ4n) is 2.34. The quantitative estimate of drug-likeness (QED) is 0.682. The molecule has 0 unspecified atom stereocenters. The molecule has 2 aromatic carbocycles. The molecule has 3 aromatic rings. The van der Waals surface area contributed by atoms with Crippen LogP contribution in [-0.2, 0) is 0 Å². The van der Waals surface area contributed by atoms with Gasteiger partial charge in [-0.1, -0.05) is 24.3 Å². The van der Waals surface area contributed by atoms with Crippen molar-refractivity contribution in [1.82, 2.24) is 5.32 Å². The van der Waals surface area contributed by atoms with Gasteiger partial charge in [-0.05, 0) is 50.3 Å². The molecule has 0 saturated carbocycles. The number of carbonyl (C=O) groups is 1. The van der Waals surface area contributed by atoms with E-state index in [0.717, 1.165) is 16.8 Å². The van der Waals surface area contributed by atoms with E-state index in [1.807, 2.05) is 62.4 Å². The first-order valence-electron chi connectivity index (χ1n) is 7.89. The van der Waals surface area contributed by atoms with Gasteiger partial charge in [-0.2, -0.15) is 0 Å². The van der Waals surface area contributed by atoms with E-state index in [4.69, 9.17) is 21.4 Å². The molecule has 25 heavy (non-hydrogen) atoms. The van der Waals surface area contributed by atoms with Crippen LogP contribution in [-0.4, -0.2) is 17.1 Å². The summed E-state index contributed by atoms with van der Waals surface area (Å²) in [5.74, 6) is 0.539. The van der Waals surface area contributed by atoms with Gasteiger partial charge in [0.25, 0.3) is 5.91 Å². The van der Waals surface area contributed by atoms with Crippen molar-refractivity contribution in [1.29, 1.82) is 0 Å². The fraction of sp³-hybridized carbons (Fsp3) is 0.158. The van der Waals surface area contributed by atoms with Gasteiger partial charge in [-0.3, -0.25) is 10.1 Å². The van der Waals surface area contributed by atoms with Crippen molar-refractivity contribution in [3.63, 3.8) is 0 Å². The normalized spacial score (nSPS) is 10.7. The van der Waals surface area contributed by atoms with Crippen molar-refractivity contribution < 1.29 is 13.9 Å². The number of fused-ring (bicyclic) bond motifs is 1. The van der Waals surface area contributed by atoms with Gasteiger partial charge in [0.2, 0.25) is 0 Å². The molecule has 0 bridgehead atoms. The van der Waals surface area contributed by atoms with E-state index in [-0.39, 0.29) is 17.0 Å². The molecule has 1 aromatic heterocycles. The Morgan fingerprint density at radius 2 is 1.92 bits per heavy atom. The largest absolute Gasteiger partial charge is 0.491 e. The van der Waals surface area contributed by atoms with Crippen LogP contribution in [0.4, 0.5) is 5.69 Å². The van der Waals surface area contributed by atoms with E-state index in [1.54, 1.807) is 6.07 Å². The van der Waals surface area contributed by atoms with Crippen LogP contribution < -0.4 is 15.4 Å². The molecule has 2 N–H and O–H groups in total. The number of amides is 1. The van der Waals surface area contributed by atoms with Crippen LogP contribution in [0.5, 0.6) is 5.75 Å². The summed E-state index contributed by atoms with van der Waals surface area (Å²) < 4.78 is 11.2. The average molecular weight is 354 g/mol. The number of thiocarbonyl (C=S) groups is 1. The van der Waals surface area contributed by atoms with Crippen LogP contribution in [0.2, 0.25) is 0 Å². The molecule has 0 radical (unpaired) electrons. The minimum absolute atomic E-state index is 0.0787. The molecular weight excluding hydrogens is 336 g/mol. The second kappa shape index (κ2) is 7.36. The summed E-state index contributed by atoms with van der Waals surface area (Å²) in [4.78, 5) is 12.3. The second-order valence-corrected chi connectivity index (χ2v) is 6.16. The van der Waals surface area contributed by atoms with E-state index < -0.39 is 5.91 Å². The number of rotatable bonds is 4. The predicted octanol–water partition coefficient (Wildman–Crippen LogP) is 4.35. The molecule has 0 spiro atoms. The Labute approximate surface area is 151 Å². The van der Waals surface area contributed by atoms with Crippen molar-refractivity contribution in [2.75, 3.05) is 5.32 Å². The molecule has 0 fully saturated rings. The zero-order chi connectivity index (χ0) is 17.8. The molecule has 0 aliphatic rings. The van der Waals surface area contributed by atoms with Crippen LogP contribution in [0, 0.1) is 0 Å². The van der Waals surface area contributed by atoms with Gasteiger partial charge >= 0.3 is 0 Å². The number of anilines is 1. The maximum Gasteiger partial charge on any atom is 0.293 e. The van der Waals surface area contributed by atoms with Crippen molar-refractivity contribution in [3.8, 4) is 5.75 Å². The monoisotopic (exact) mass is 354 g/mol. The van der Waals surface area contributed by atoms with E-state index >= 15 is 0 Å². The molecule has 5 nitrogen and oxygen atoms in total. The van der Waals surface area contributed by atoms with Crippen LogP contribution in [0.1, 0.15) is 24.4 Å². The number of hydrogen-bond donors (Lipinski definition) is 2. The summed E-state index contributed by atoms with van der Waals surface area (Å²) in [6.45, 7) is 3.91. The molecule has 0 saturated heterocycles. The summed E-state index contributed by atoms with van der Waals surface area (Å²) in [6.07, 6.45) is 0.0787. The number of carbonyl (C=O) groups excluding carboxylic acids is 1. The maximum absolute atomic E-state index is 12.3. The lowest BCUT2D eigenvalue weighted by Gasteiger charge is -2.12. The van der Waals surface area contributed by atoms with Gasteiger partial charge in [0, 0.05) is 17.1 Å². The van der Waals surface area contributed by atoms with Crippen molar-refractivity contribution in [3.05, 3.63) is 60.4 Å². The van der Waals surface area contributed by atoms with Crippen LogP contribution in [0.25, 0.3) is 11.0 Å². The molecule has 1 amide bonds. The third-order valence-electron chi connectivity index (χ3n) is 3.34. The summed E-state index contributed by atoms with van der Waals surface area (Å²) in [5.41, 5.74) is 1.39. The zero-order valence-electron chi connectivity index (χ0n) is 13.9. The van der Waals surface area contributed by atoms with Crippen molar-refractivity contribution >= 4 is 39.9 Å². The molecule has 0 atom stereocenters. The maximum atomic E-state index is 12.3. The van der Waals surface area contributed by atoms with Gasteiger partial charge in [0.05, 0.1) is 6.10 Å². The van der Waals surface area contributed by atoms with Crippen LogP contribution in [0.15, 0.2) is 59.0 Å². The third kappa shape index (κ3) is 4.36. The van der Waals surface area contributed by atoms with Crippen LogP contribution >= 0.6 is 12.2 Å². The molecular formula is C19H18N2O3S. The molecule has 128 valence electrons. The van der Waals surface area contributed by atoms with E-state index in [0.29, 0.717) is 5.58 Å². The summed E-state index contributed by atoms with van der Waals surface area (Å²) >= 11 is 5.20. The number of para-hydroxylation sites is 1. The van der Waals surface area contributed by atoms with Gasteiger partial charge in [-0.15, -0.1) is 0 Å². The SMILES string of the molecule is CC(C)Oc1cccc(NC(=S)NC(=O)c2cc3ccccc3o2)c1. The fourth-order valence-corrected chi connectivity index (χ4v) is 2.55. The molecule has 0 aliphatic heterocycles. The number of benzene rings is 2. The molecule has 3 rings (SSSR count). The predicted molar refractivity (Wildman–Crippen MR) is 102 cm³/mol. The first-order valence-corrected chi connectivity index (χ1v) is 8.30. The summed E-state index contributed by atoms with van der Waals surface area (Å²) in [6, 6.07) is 16.5. The Morgan fingerprint density at radius 3 is 2.68 bits per heavy atom. The Balaban J connectivity index is 1.64. The lowest BCUT2D eigenvalue weighted by Crippen LogP contribution is -2.33. The number of furan rings is 1. The highest BCUT2D eigenvalue weighted by molar-refractivity contribution is 7.80. The van der Waals surface area contributed by atoms with Gasteiger partial charge in [-0.25, -0.2) is 0 Å². The van der Waals surface area contributed by atoms with Gasteiger partial charge in [0.1, 0.15) is 11.3 Å². The first-order chi connectivity index (χ1) is 12.0. The highest BCUT2D eigenvalue weighted by atomic mass is 32.1. The molecule has 1 heterocycles. The average Bonchev–Trinajstić information content (AvgIpc) is 2.98. The topological polar surface area (TPSA) is 63.5 Å². The van der Waals surface area contributed by atoms with Crippen molar-refractivity contribution in [2.24, 2.45) is 0 Å². The molecule has 0 aliphatic carbocycles. The smallest absolute Gasteiger partial charge is 0.293 e. The molecule has 6 heteroatoms. The summed E-state index contributed by atoms with van der Waals surface area (Å²) in [5, 5.41) is 6.63. The minimum Gasteiger partial charge on any atom is -0.491 e. The Morgan fingerprint density at radius 1 is 1.12 bits per heavy atom. The number of hydrogen-bond acceptors (Lipinski definition) is 4. The Kier molecular flexibility index (Phi) is 5.00. The van der Waals surface area contributed by atoms with E-state index in [9.17, 15) is 4.79 Å². The minimum atomic E-state index is -0.400. The highest BCUT2D eigenvalue weighted by Gasteiger charge is 2.13. The lowest BCUT2D eigenvalue weighted by atomic mass is 10.2. The zero-order valence-corrected chi connectivity index (χ0v) is 14.7. The second-order valence-electron chi connectivity index (χ2n) is 5.75. The Bertz CT molecular complexity index is 885. The van der Waals surface area contributed by atoms with Gasteiger partial charge < -0.3 is 14.5 Å². The van der Waals surface area contributed by atoms with Gasteiger partial charge in [0.15, 0.2) is 10.9 Å². The first kappa shape index (κ1) is 17.0. The standard InChI is InChI=1S/C19H18N2O3S/c1-12(2)23-15-8-5-7-14(11-15)20-19(25)21-18(22)17-10-13-6-3-4-9-16(13)24-17/h3-12H,1-2H3,(H2,20,21,22,25). The number of ether oxygens (including phenoxy) is 1. The summed E-state index contributed by atoms with van der Waals surface area (Å²) in [7, 11) is 0. The highest BCUT2D eigenvalue weighted by Crippen LogP contribution is 2.20. The van der Waals surface area contributed by atoms with E-state index in [1.165, 1.54) is 0 Å². The number of nitrogens with one attached hydrogen (secondary N) is 2.